The summed E-state index contributed by atoms with van der Waals surface area (Å²) in [6.07, 6.45) is 3.60. The molecule has 3 aromatic rings. The molecule has 174 valence electrons. The van der Waals surface area contributed by atoms with Crippen molar-refractivity contribution in [1.29, 1.82) is 0 Å². The van der Waals surface area contributed by atoms with Crippen LogP contribution in [-0.4, -0.2) is 32.8 Å². The van der Waals surface area contributed by atoms with Crippen LogP contribution < -0.4 is 57.0 Å². The Morgan fingerprint density at radius 3 is 2.35 bits per heavy atom. The average Bonchev–Trinajstić information content (AvgIpc) is 3.09. The summed E-state index contributed by atoms with van der Waals surface area (Å²) in [7, 11) is -4.33. The first-order valence-corrected chi connectivity index (χ1v) is 11.6. The smallest absolute Gasteiger partial charge is 0.748 e. The summed E-state index contributed by atoms with van der Waals surface area (Å²) < 4.78 is 36.4. The molecule has 2 aromatic carbocycles. The second-order valence-corrected chi connectivity index (χ2v) is 9.11. The summed E-state index contributed by atoms with van der Waals surface area (Å²) in [4.78, 5) is 10.4. The molecule has 3 rings (SSSR count). The van der Waals surface area contributed by atoms with Crippen LogP contribution in [0.5, 0.6) is 0 Å². The van der Waals surface area contributed by atoms with Gasteiger partial charge in [0.15, 0.2) is 0 Å². The Kier molecular flexibility index (Phi) is 10.1. The van der Waals surface area contributed by atoms with Crippen molar-refractivity contribution in [2.24, 2.45) is 15.4 Å². The summed E-state index contributed by atoms with van der Waals surface area (Å²) in [5.41, 5.74) is 4.52. The molecule has 0 amide bonds. The zero-order valence-electron chi connectivity index (χ0n) is 19.4. The van der Waals surface area contributed by atoms with E-state index in [0.717, 1.165) is 22.4 Å². The van der Waals surface area contributed by atoms with Crippen LogP contribution in [0.3, 0.4) is 0 Å². The van der Waals surface area contributed by atoms with E-state index >= 15 is 0 Å². The Hall–Kier alpha value is -2.00. The van der Waals surface area contributed by atoms with Gasteiger partial charge in [-0.15, -0.1) is 5.11 Å². The molecule has 0 aliphatic heterocycles. The van der Waals surface area contributed by atoms with E-state index in [2.05, 4.69) is 15.4 Å². The molecule has 0 fully saturated rings. The van der Waals surface area contributed by atoms with Gasteiger partial charge in [-0.3, -0.25) is 14.7 Å². The van der Waals surface area contributed by atoms with Gasteiger partial charge in [0.25, 0.3) is 5.69 Å². The van der Waals surface area contributed by atoms with Crippen molar-refractivity contribution in [3.63, 3.8) is 0 Å². The fourth-order valence-corrected chi connectivity index (χ4v) is 4.10. The van der Waals surface area contributed by atoms with E-state index in [-0.39, 0.29) is 75.7 Å². The first-order chi connectivity index (χ1) is 15.5. The second kappa shape index (κ2) is 12.1. The molecule has 13 heteroatoms. The second-order valence-electron chi connectivity index (χ2n) is 7.59. The third-order valence-corrected chi connectivity index (χ3v) is 5.66. The number of rotatable bonds is 8. The van der Waals surface area contributed by atoms with Crippen molar-refractivity contribution in [3.8, 4) is 5.69 Å². The predicted molar refractivity (Wildman–Crippen MR) is 120 cm³/mol. The van der Waals surface area contributed by atoms with Gasteiger partial charge in [-0.1, -0.05) is 28.9 Å². The number of non-ortho nitro benzene ring substituents is 1. The molecular formula is C21H23KN6O5S. The first-order valence-electron chi connectivity index (χ1n) is 10.0. The van der Waals surface area contributed by atoms with Crippen LogP contribution >= 0.6 is 0 Å². The Morgan fingerprint density at radius 1 is 1.06 bits per heavy atom. The quantitative estimate of drug-likeness (QED) is 0.143. The van der Waals surface area contributed by atoms with Crippen LogP contribution in [0.2, 0.25) is 0 Å². The standard InChI is InChI=1S/C21H24N6O5S.K/c1-15-12-16(2)20(17(3)13-15)26-10-9-25(8-5-11-33(30,31)32)21(26)23-24-22-18-6-4-7-19(14-18)27(28)29;/h4,6-7,9-10,12-14H,5,8,11H2,1-3H3,(H,30,31,32);/q;+1/p-1/b23-21-,24-22?;. The Balaban J connectivity index is 0.00000408. The van der Waals surface area contributed by atoms with Gasteiger partial charge in [-0.05, 0) is 49.6 Å². The van der Waals surface area contributed by atoms with Gasteiger partial charge < -0.3 is 9.12 Å². The maximum Gasteiger partial charge on any atom is 1.00 e. The molecule has 0 N–H and O–H groups in total. The number of aryl methyl sites for hydroxylation is 4. The number of aromatic nitrogens is 2. The monoisotopic (exact) mass is 510 g/mol. The van der Waals surface area contributed by atoms with E-state index < -0.39 is 20.8 Å². The summed E-state index contributed by atoms with van der Waals surface area (Å²) >= 11 is 0. The zero-order chi connectivity index (χ0) is 24.2. The normalized spacial score (nSPS) is 12.2. The molecule has 11 nitrogen and oxygen atoms in total. The van der Waals surface area contributed by atoms with E-state index in [9.17, 15) is 23.1 Å². The number of nitro benzene ring substituents is 1. The van der Waals surface area contributed by atoms with Crippen molar-refractivity contribution in [2.45, 2.75) is 33.7 Å². The van der Waals surface area contributed by atoms with E-state index in [1.165, 1.54) is 18.2 Å². The molecule has 0 aliphatic carbocycles. The van der Waals surface area contributed by atoms with Crippen molar-refractivity contribution in [1.82, 2.24) is 9.13 Å². The molecule has 1 heterocycles. The van der Waals surface area contributed by atoms with Gasteiger partial charge in [-0.2, -0.15) is 0 Å². The zero-order valence-corrected chi connectivity index (χ0v) is 23.3. The van der Waals surface area contributed by atoms with Crippen LogP contribution in [0, 0.1) is 30.9 Å². The molecule has 0 atom stereocenters. The van der Waals surface area contributed by atoms with Crippen LogP contribution in [0.1, 0.15) is 23.1 Å². The molecule has 0 radical (unpaired) electrons. The van der Waals surface area contributed by atoms with E-state index in [1.807, 2.05) is 37.5 Å². The predicted octanol–water partition coefficient (Wildman–Crippen LogP) is 0.651. The van der Waals surface area contributed by atoms with E-state index in [1.54, 1.807) is 23.0 Å². The Morgan fingerprint density at radius 2 is 1.74 bits per heavy atom. The fourth-order valence-electron chi connectivity index (χ4n) is 3.62. The minimum absolute atomic E-state index is 0. The number of hydrogen-bond acceptors (Lipinski definition) is 7. The maximum atomic E-state index is 11.0. The van der Waals surface area contributed by atoms with Crippen LogP contribution in [-0.2, 0) is 16.7 Å². The number of hydrogen-bond donors (Lipinski definition) is 0. The summed E-state index contributed by atoms with van der Waals surface area (Å²) in [5.74, 6) is -0.498. The minimum Gasteiger partial charge on any atom is -0.748 e. The van der Waals surface area contributed by atoms with Gasteiger partial charge >= 0.3 is 51.4 Å². The summed E-state index contributed by atoms with van der Waals surface area (Å²) in [6, 6.07) is 9.75. The summed E-state index contributed by atoms with van der Waals surface area (Å²) in [5, 5.41) is 23.0. The van der Waals surface area contributed by atoms with Gasteiger partial charge in [0, 0.05) is 36.8 Å². The molecule has 0 bridgehead atoms. The Labute approximate surface area is 239 Å². The molecule has 0 saturated heterocycles. The largest absolute Gasteiger partial charge is 1.00 e. The van der Waals surface area contributed by atoms with Crippen LogP contribution in [0.15, 0.2) is 64.2 Å². The molecule has 0 unspecified atom stereocenters. The number of nitro groups is 1. The maximum absolute atomic E-state index is 11.0. The van der Waals surface area contributed by atoms with Crippen molar-refractivity contribution >= 4 is 21.5 Å². The molecular weight excluding hydrogens is 487 g/mol. The minimum atomic E-state index is -4.33. The third-order valence-electron chi connectivity index (χ3n) is 4.87. The SMILES string of the molecule is Cc1cc(C)c(-n2ccn(CCCS(=O)(=O)[O-])/c2=N/N=Nc2cccc([N+](=O)[O-])c2)c(C)c1.[K+]. The van der Waals surface area contributed by atoms with Gasteiger partial charge in [0.1, 0.15) is 0 Å². The number of nitrogens with zero attached hydrogens (tertiary/aromatic N) is 6. The number of imidazole rings is 1. The molecule has 34 heavy (non-hydrogen) atoms. The molecule has 1 aromatic heterocycles. The molecule has 0 spiro atoms. The van der Waals surface area contributed by atoms with Crippen LogP contribution in [0.25, 0.3) is 5.69 Å². The van der Waals surface area contributed by atoms with Gasteiger partial charge in [0.2, 0.25) is 5.62 Å². The fraction of sp³-hybridized carbons (Fsp3) is 0.286. The van der Waals surface area contributed by atoms with Crippen LogP contribution in [0.4, 0.5) is 11.4 Å². The molecule has 0 aliphatic rings. The topological polar surface area (TPSA) is 147 Å². The van der Waals surface area contributed by atoms with Crippen molar-refractivity contribution in [3.05, 3.63) is 81.2 Å². The van der Waals surface area contributed by atoms with Crippen molar-refractivity contribution < 1.29 is 69.3 Å². The first kappa shape index (κ1) is 28.2. The molecule has 0 saturated carbocycles. The third kappa shape index (κ3) is 7.50. The summed E-state index contributed by atoms with van der Waals surface area (Å²) in [6.45, 7) is 6.17. The van der Waals surface area contributed by atoms with Gasteiger partial charge in [0.05, 0.1) is 26.4 Å². The number of benzene rings is 2. The van der Waals surface area contributed by atoms with E-state index in [0.29, 0.717) is 5.62 Å². The van der Waals surface area contributed by atoms with E-state index in [4.69, 9.17) is 0 Å². The van der Waals surface area contributed by atoms with Gasteiger partial charge in [-0.25, -0.2) is 8.42 Å². The van der Waals surface area contributed by atoms with Crippen molar-refractivity contribution in [2.75, 3.05) is 5.75 Å². The average molecular weight is 511 g/mol. The Bertz CT molecular complexity index is 1370.